The molecule has 0 aromatic rings. The normalized spacial score (nSPS) is 28.1. The second-order valence-corrected chi connectivity index (χ2v) is 1.87. The minimum atomic E-state index is -0.0932. The fourth-order valence-electron chi connectivity index (χ4n) is 0.698. The number of cyclic esters (lactones) is 1. The van der Waals surface area contributed by atoms with Crippen molar-refractivity contribution in [2.45, 2.75) is 12.5 Å². The molecule has 0 aromatic carbocycles. The van der Waals surface area contributed by atoms with Crippen LogP contribution >= 0.6 is 0 Å². The molecule has 1 unspecified atom stereocenters. The van der Waals surface area contributed by atoms with Crippen molar-refractivity contribution in [3.8, 4) is 0 Å². The zero-order valence-corrected chi connectivity index (χ0v) is 4.81. The lowest BCUT2D eigenvalue weighted by Gasteiger charge is -1.99. The molecule has 0 radical (unpaired) electrons. The maximum absolute atomic E-state index is 10.4. The van der Waals surface area contributed by atoms with Gasteiger partial charge in [-0.25, -0.2) is 0 Å². The Morgan fingerprint density at radius 2 is 2.62 bits per heavy atom. The van der Waals surface area contributed by atoms with Gasteiger partial charge in [0.2, 0.25) is 0 Å². The second-order valence-electron chi connectivity index (χ2n) is 1.87. The summed E-state index contributed by atoms with van der Waals surface area (Å²) in [6.45, 7) is 0.537. The average molecular weight is 115 g/mol. The largest absolute Gasteiger partial charge is 0.464 e. The number of rotatable bonds is 1. The molecule has 1 N–H and O–H groups in total. The molecule has 8 heavy (non-hydrogen) atoms. The summed E-state index contributed by atoms with van der Waals surface area (Å²) in [6.07, 6.45) is 0.524. The summed E-state index contributed by atoms with van der Waals surface area (Å²) in [5, 5.41) is 2.95. The van der Waals surface area contributed by atoms with Crippen LogP contribution < -0.4 is 5.32 Å². The zero-order valence-electron chi connectivity index (χ0n) is 4.81. The molecule has 1 aliphatic heterocycles. The maximum Gasteiger partial charge on any atom is 0.307 e. The Bertz CT molecular complexity index is 103. The van der Waals surface area contributed by atoms with Gasteiger partial charge in [0, 0.05) is 0 Å². The molecule has 3 nitrogen and oxygen atoms in total. The Labute approximate surface area is 48.0 Å². The van der Waals surface area contributed by atoms with E-state index in [1.807, 2.05) is 7.05 Å². The van der Waals surface area contributed by atoms with Gasteiger partial charge in [-0.05, 0) is 7.05 Å². The van der Waals surface area contributed by atoms with Crippen molar-refractivity contribution < 1.29 is 9.53 Å². The molecular weight excluding hydrogens is 106 g/mol. The Kier molecular flexibility index (Phi) is 1.48. The molecule has 0 amide bonds. The molecule has 1 atom stereocenters. The quantitative estimate of drug-likeness (QED) is 0.469. The molecular formula is C5H9NO2. The summed E-state index contributed by atoms with van der Waals surface area (Å²) >= 11 is 0. The number of ether oxygens (including phenoxy) is 1. The molecule has 46 valence electrons. The van der Waals surface area contributed by atoms with E-state index < -0.39 is 0 Å². The van der Waals surface area contributed by atoms with Crippen LogP contribution in [0.4, 0.5) is 0 Å². The van der Waals surface area contributed by atoms with E-state index in [4.69, 9.17) is 0 Å². The van der Waals surface area contributed by atoms with Gasteiger partial charge in [-0.1, -0.05) is 0 Å². The molecule has 0 spiro atoms. The smallest absolute Gasteiger partial charge is 0.307 e. The second kappa shape index (κ2) is 2.13. The van der Waals surface area contributed by atoms with Crippen LogP contribution in [0.3, 0.4) is 0 Å². The third kappa shape index (κ3) is 0.980. The summed E-state index contributed by atoms with van der Waals surface area (Å²) in [5.74, 6) is -0.0932. The lowest BCUT2D eigenvalue weighted by atomic mass is 10.3. The van der Waals surface area contributed by atoms with Crippen molar-refractivity contribution in [3.63, 3.8) is 0 Å². The number of likely N-dealkylation sites (N-methyl/N-ethyl adjacent to an activating group) is 1. The molecule has 1 aliphatic rings. The third-order valence-corrected chi connectivity index (χ3v) is 1.27. The van der Waals surface area contributed by atoms with Crippen molar-refractivity contribution in [1.82, 2.24) is 5.32 Å². The van der Waals surface area contributed by atoms with E-state index >= 15 is 0 Å². The number of esters is 1. The van der Waals surface area contributed by atoms with Crippen LogP contribution in [0.25, 0.3) is 0 Å². The molecule has 0 saturated carbocycles. The van der Waals surface area contributed by atoms with Gasteiger partial charge in [0.05, 0.1) is 12.5 Å². The number of carbonyl (C=O) groups is 1. The van der Waals surface area contributed by atoms with Crippen molar-refractivity contribution >= 4 is 5.97 Å². The van der Waals surface area contributed by atoms with E-state index in [0.717, 1.165) is 0 Å². The Balaban J connectivity index is 2.32. The van der Waals surface area contributed by atoms with Gasteiger partial charge in [0.25, 0.3) is 0 Å². The molecule has 1 rings (SSSR count). The monoisotopic (exact) mass is 115 g/mol. The van der Waals surface area contributed by atoms with Crippen LogP contribution in [0.2, 0.25) is 0 Å². The van der Waals surface area contributed by atoms with Crippen LogP contribution in [0.5, 0.6) is 0 Å². The van der Waals surface area contributed by atoms with Crippen LogP contribution in [0.1, 0.15) is 6.42 Å². The van der Waals surface area contributed by atoms with Crippen LogP contribution in [-0.4, -0.2) is 25.7 Å². The fraction of sp³-hybridized carbons (Fsp3) is 0.800. The van der Waals surface area contributed by atoms with Gasteiger partial charge in [-0.2, -0.15) is 0 Å². The van der Waals surface area contributed by atoms with Gasteiger partial charge in [0.15, 0.2) is 0 Å². The molecule has 3 heteroatoms. The number of hydrogen-bond donors (Lipinski definition) is 1. The van der Waals surface area contributed by atoms with Crippen molar-refractivity contribution in [2.75, 3.05) is 13.7 Å². The van der Waals surface area contributed by atoms with E-state index in [9.17, 15) is 4.79 Å². The lowest BCUT2D eigenvalue weighted by Crippen LogP contribution is -2.24. The van der Waals surface area contributed by atoms with Gasteiger partial charge in [-0.15, -0.1) is 0 Å². The predicted molar refractivity (Wildman–Crippen MR) is 28.4 cm³/mol. The first-order valence-electron chi connectivity index (χ1n) is 2.66. The van der Waals surface area contributed by atoms with Crippen LogP contribution in [0.15, 0.2) is 0 Å². The summed E-state index contributed by atoms with van der Waals surface area (Å²) in [7, 11) is 1.83. The lowest BCUT2D eigenvalue weighted by molar-refractivity contribution is -0.137. The first kappa shape index (κ1) is 5.56. The highest BCUT2D eigenvalue weighted by Crippen LogP contribution is 2.03. The minimum Gasteiger partial charge on any atom is -0.464 e. The minimum absolute atomic E-state index is 0.0932. The highest BCUT2D eigenvalue weighted by Gasteiger charge is 2.20. The fourth-order valence-corrected chi connectivity index (χ4v) is 0.698. The van der Waals surface area contributed by atoms with Gasteiger partial charge >= 0.3 is 5.97 Å². The molecule has 1 fully saturated rings. The van der Waals surface area contributed by atoms with Crippen molar-refractivity contribution in [1.29, 1.82) is 0 Å². The first-order valence-corrected chi connectivity index (χ1v) is 2.66. The molecule has 0 aromatic heterocycles. The van der Waals surface area contributed by atoms with Crippen molar-refractivity contribution in [3.05, 3.63) is 0 Å². The van der Waals surface area contributed by atoms with Gasteiger partial charge in [0.1, 0.15) is 6.61 Å². The first-order chi connectivity index (χ1) is 3.83. The van der Waals surface area contributed by atoms with Crippen molar-refractivity contribution in [2.24, 2.45) is 0 Å². The SMILES string of the molecule is CNC1COC(=O)C1. The maximum atomic E-state index is 10.4. The van der Waals surface area contributed by atoms with E-state index in [-0.39, 0.29) is 12.0 Å². The zero-order chi connectivity index (χ0) is 5.98. The molecule has 0 bridgehead atoms. The third-order valence-electron chi connectivity index (χ3n) is 1.27. The van der Waals surface area contributed by atoms with E-state index in [2.05, 4.69) is 10.1 Å². The summed E-state index contributed by atoms with van der Waals surface area (Å²) in [6, 6.07) is 0.252. The average Bonchev–Trinajstić information content (AvgIpc) is 2.14. The van der Waals surface area contributed by atoms with Gasteiger partial charge in [-0.3, -0.25) is 4.79 Å². The predicted octanol–water partition coefficient (Wildman–Crippen LogP) is -0.479. The topological polar surface area (TPSA) is 38.3 Å². The molecule has 1 saturated heterocycles. The van der Waals surface area contributed by atoms with Crippen LogP contribution in [-0.2, 0) is 9.53 Å². The molecule has 1 heterocycles. The van der Waals surface area contributed by atoms with E-state index in [0.29, 0.717) is 13.0 Å². The molecule has 0 aliphatic carbocycles. The summed E-state index contributed by atoms with van der Waals surface area (Å²) in [4.78, 5) is 10.4. The summed E-state index contributed by atoms with van der Waals surface area (Å²) in [5.41, 5.74) is 0. The number of carbonyl (C=O) groups excluding carboxylic acids is 1. The Morgan fingerprint density at radius 3 is 2.88 bits per heavy atom. The Morgan fingerprint density at radius 1 is 1.88 bits per heavy atom. The Hall–Kier alpha value is -0.570. The number of nitrogens with one attached hydrogen (secondary N) is 1. The van der Waals surface area contributed by atoms with Crippen LogP contribution in [0, 0.1) is 0 Å². The summed E-state index contributed by atoms with van der Waals surface area (Å²) < 4.78 is 4.65. The number of hydrogen-bond acceptors (Lipinski definition) is 3. The standard InChI is InChI=1S/C5H9NO2/c1-6-4-2-5(7)8-3-4/h4,6H,2-3H2,1H3. The highest BCUT2D eigenvalue weighted by molar-refractivity contribution is 5.72. The van der Waals surface area contributed by atoms with E-state index in [1.165, 1.54) is 0 Å². The van der Waals surface area contributed by atoms with Gasteiger partial charge < -0.3 is 10.1 Å². The highest BCUT2D eigenvalue weighted by atomic mass is 16.5. The van der Waals surface area contributed by atoms with E-state index in [1.54, 1.807) is 0 Å².